The highest BCUT2D eigenvalue weighted by molar-refractivity contribution is 7.98. The minimum atomic E-state index is -0.704. The first kappa shape index (κ1) is 22.5. The van der Waals surface area contributed by atoms with Crippen LogP contribution < -0.4 is 10.6 Å². The lowest BCUT2D eigenvalue weighted by Gasteiger charge is -2.08. The van der Waals surface area contributed by atoms with Crippen LogP contribution in [0.4, 0.5) is 4.79 Å². The Labute approximate surface area is 188 Å². The summed E-state index contributed by atoms with van der Waals surface area (Å²) in [7, 11) is 0. The number of thiazole rings is 1. The lowest BCUT2D eigenvalue weighted by Crippen LogP contribution is -2.41. The molecule has 0 atom stereocenters. The minimum absolute atomic E-state index is 0.284. The summed E-state index contributed by atoms with van der Waals surface area (Å²) in [5.41, 5.74) is 2.25. The van der Waals surface area contributed by atoms with Crippen molar-refractivity contribution < 1.29 is 19.1 Å². The second kappa shape index (κ2) is 11.3. The largest absolute Gasteiger partial charge is 0.452 e. The van der Waals surface area contributed by atoms with Gasteiger partial charge in [0.05, 0.1) is 16.3 Å². The van der Waals surface area contributed by atoms with Crippen molar-refractivity contribution >= 4 is 41.0 Å². The summed E-state index contributed by atoms with van der Waals surface area (Å²) in [5.74, 6) is -0.586. The van der Waals surface area contributed by atoms with E-state index in [-0.39, 0.29) is 6.54 Å². The first-order valence-corrected chi connectivity index (χ1v) is 11.3. The molecule has 0 spiro atoms. The number of aryl methyl sites for hydroxylation is 1. The number of nitrogens with one attached hydrogen (secondary N) is 2. The van der Waals surface area contributed by atoms with E-state index in [4.69, 9.17) is 4.74 Å². The summed E-state index contributed by atoms with van der Waals surface area (Å²) < 4.78 is 4.98. The maximum Gasteiger partial charge on any atom is 0.338 e. The zero-order valence-electron chi connectivity index (χ0n) is 16.8. The zero-order chi connectivity index (χ0) is 22.1. The van der Waals surface area contributed by atoms with Crippen molar-refractivity contribution in [3.63, 3.8) is 0 Å². The molecule has 2 aromatic carbocycles. The molecule has 0 fully saturated rings. The quantitative estimate of drug-likeness (QED) is 0.395. The summed E-state index contributed by atoms with van der Waals surface area (Å²) in [6.45, 7) is 1.71. The van der Waals surface area contributed by atoms with Gasteiger partial charge in [0.15, 0.2) is 6.61 Å². The van der Waals surface area contributed by atoms with Gasteiger partial charge >= 0.3 is 12.0 Å². The molecule has 1 heterocycles. The average molecular weight is 456 g/mol. The van der Waals surface area contributed by atoms with Crippen molar-refractivity contribution in [2.75, 3.05) is 6.61 Å². The summed E-state index contributed by atoms with van der Waals surface area (Å²) in [4.78, 5) is 41.1. The molecule has 0 bridgehead atoms. The molecule has 0 aliphatic heterocycles. The second-order valence-electron chi connectivity index (χ2n) is 6.46. The molecule has 0 saturated heterocycles. The van der Waals surface area contributed by atoms with Gasteiger partial charge in [-0.05, 0) is 36.8 Å². The van der Waals surface area contributed by atoms with Crippen molar-refractivity contribution in [2.24, 2.45) is 0 Å². The van der Waals surface area contributed by atoms with Gasteiger partial charge in [-0.1, -0.05) is 30.3 Å². The van der Waals surface area contributed by atoms with Gasteiger partial charge in [-0.15, -0.1) is 23.1 Å². The average Bonchev–Trinajstić information content (AvgIpc) is 3.21. The van der Waals surface area contributed by atoms with Gasteiger partial charge in [-0.25, -0.2) is 14.6 Å². The second-order valence-corrected chi connectivity index (χ2v) is 8.57. The van der Waals surface area contributed by atoms with E-state index >= 15 is 0 Å². The Hall–Kier alpha value is -3.17. The van der Waals surface area contributed by atoms with E-state index in [1.54, 1.807) is 35.2 Å². The SMILES string of the molecule is Cc1nc(CSc2ccc(C(=O)OCC(=O)NC(=O)NCc3ccccc3)cc2)cs1. The van der Waals surface area contributed by atoms with Crippen LogP contribution in [0.2, 0.25) is 0 Å². The van der Waals surface area contributed by atoms with Gasteiger partial charge < -0.3 is 10.1 Å². The Morgan fingerprint density at radius 2 is 1.81 bits per heavy atom. The number of carbonyl (C=O) groups is 3. The van der Waals surface area contributed by atoms with E-state index in [9.17, 15) is 14.4 Å². The molecule has 160 valence electrons. The van der Waals surface area contributed by atoms with E-state index in [2.05, 4.69) is 15.6 Å². The molecule has 31 heavy (non-hydrogen) atoms. The lowest BCUT2D eigenvalue weighted by molar-refractivity contribution is -0.123. The van der Waals surface area contributed by atoms with Crippen molar-refractivity contribution in [2.45, 2.75) is 24.1 Å². The number of thioether (sulfide) groups is 1. The van der Waals surface area contributed by atoms with Crippen molar-refractivity contribution in [1.29, 1.82) is 0 Å². The topological polar surface area (TPSA) is 97.4 Å². The smallest absolute Gasteiger partial charge is 0.338 e. The number of aromatic nitrogens is 1. The van der Waals surface area contributed by atoms with Gasteiger partial charge in [0.25, 0.3) is 5.91 Å². The normalized spacial score (nSPS) is 10.4. The first-order valence-electron chi connectivity index (χ1n) is 9.42. The van der Waals surface area contributed by atoms with E-state index in [0.717, 1.165) is 26.9 Å². The highest BCUT2D eigenvalue weighted by Crippen LogP contribution is 2.24. The monoisotopic (exact) mass is 455 g/mol. The number of hydrogen-bond acceptors (Lipinski definition) is 7. The number of hydrogen-bond donors (Lipinski definition) is 2. The number of imide groups is 1. The summed E-state index contributed by atoms with van der Waals surface area (Å²) in [5, 5.41) is 7.75. The molecule has 0 saturated carbocycles. The first-order chi connectivity index (χ1) is 15.0. The Bertz CT molecular complexity index is 1040. The minimum Gasteiger partial charge on any atom is -0.452 e. The van der Waals surface area contributed by atoms with Gasteiger partial charge in [-0.3, -0.25) is 10.1 Å². The fourth-order valence-corrected chi connectivity index (χ4v) is 4.03. The van der Waals surface area contributed by atoms with Gasteiger partial charge in [0, 0.05) is 22.6 Å². The molecule has 9 heteroatoms. The van der Waals surface area contributed by atoms with E-state index in [1.165, 1.54) is 0 Å². The summed E-state index contributed by atoms with van der Waals surface area (Å²) in [6.07, 6.45) is 0. The molecular weight excluding hydrogens is 434 g/mol. The van der Waals surface area contributed by atoms with Gasteiger partial charge in [-0.2, -0.15) is 0 Å². The highest BCUT2D eigenvalue weighted by atomic mass is 32.2. The van der Waals surface area contributed by atoms with Crippen LogP contribution in [0, 0.1) is 6.92 Å². The van der Waals surface area contributed by atoms with Crippen LogP contribution >= 0.6 is 23.1 Å². The third-order valence-corrected chi connectivity index (χ3v) is 5.89. The zero-order valence-corrected chi connectivity index (χ0v) is 18.4. The number of esters is 1. The lowest BCUT2D eigenvalue weighted by atomic mass is 10.2. The highest BCUT2D eigenvalue weighted by Gasteiger charge is 2.12. The number of urea groups is 1. The van der Waals surface area contributed by atoms with Crippen molar-refractivity contribution in [3.8, 4) is 0 Å². The standard InChI is InChI=1S/C22H21N3O4S2/c1-15-24-18(13-30-15)14-31-19-9-7-17(8-10-19)21(27)29-12-20(26)25-22(28)23-11-16-5-3-2-4-6-16/h2-10,13H,11-12,14H2,1H3,(H2,23,25,26,28). The fourth-order valence-electron chi connectivity index (χ4n) is 2.52. The molecule has 0 radical (unpaired) electrons. The van der Waals surface area contributed by atoms with Crippen LogP contribution in [0.15, 0.2) is 64.9 Å². The number of benzene rings is 2. The van der Waals surface area contributed by atoms with Crippen molar-refractivity contribution in [3.05, 3.63) is 81.8 Å². The molecule has 3 aromatic rings. The van der Waals surface area contributed by atoms with E-state index in [1.807, 2.05) is 54.8 Å². The molecule has 1 aromatic heterocycles. The van der Waals surface area contributed by atoms with Crippen LogP contribution in [-0.4, -0.2) is 29.5 Å². The summed E-state index contributed by atoms with van der Waals surface area (Å²) in [6, 6.07) is 15.6. The third-order valence-electron chi connectivity index (χ3n) is 4.03. The Balaban J connectivity index is 1.38. The van der Waals surface area contributed by atoms with E-state index < -0.39 is 24.5 Å². The van der Waals surface area contributed by atoms with Crippen LogP contribution in [-0.2, 0) is 21.8 Å². The predicted octanol–water partition coefficient (Wildman–Crippen LogP) is 3.93. The van der Waals surface area contributed by atoms with Crippen LogP contribution in [0.25, 0.3) is 0 Å². The van der Waals surface area contributed by atoms with Crippen molar-refractivity contribution in [1.82, 2.24) is 15.6 Å². The maximum atomic E-state index is 12.1. The Morgan fingerprint density at radius 3 is 2.48 bits per heavy atom. The number of ether oxygens (including phenoxy) is 1. The predicted molar refractivity (Wildman–Crippen MR) is 120 cm³/mol. The molecule has 7 nitrogen and oxygen atoms in total. The molecular formula is C22H21N3O4S2. The molecule has 2 N–H and O–H groups in total. The molecule has 0 unspecified atom stereocenters. The molecule has 3 amide bonds. The number of carbonyl (C=O) groups excluding carboxylic acids is 3. The Kier molecular flexibility index (Phi) is 8.19. The van der Waals surface area contributed by atoms with Gasteiger partial charge in [0.1, 0.15) is 0 Å². The summed E-state index contributed by atoms with van der Waals surface area (Å²) >= 11 is 3.23. The van der Waals surface area contributed by atoms with Crippen LogP contribution in [0.1, 0.15) is 26.6 Å². The van der Waals surface area contributed by atoms with Crippen LogP contribution in [0.3, 0.4) is 0 Å². The number of rotatable bonds is 8. The third kappa shape index (κ3) is 7.54. The number of nitrogens with zero attached hydrogens (tertiary/aromatic N) is 1. The molecule has 0 aliphatic carbocycles. The Morgan fingerprint density at radius 1 is 1.06 bits per heavy atom. The van der Waals surface area contributed by atoms with Gasteiger partial charge in [0.2, 0.25) is 0 Å². The van der Waals surface area contributed by atoms with Crippen LogP contribution in [0.5, 0.6) is 0 Å². The fraction of sp³-hybridized carbons (Fsp3) is 0.182. The number of amides is 3. The molecule has 3 rings (SSSR count). The van der Waals surface area contributed by atoms with E-state index in [0.29, 0.717) is 5.56 Å². The maximum absolute atomic E-state index is 12.1. The molecule has 0 aliphatic rings.